The second kappa shape index (κ2) is 3.19. The normalized spacial score (nSPS) is 60.2. The van der Waals surface area contributed by atoms with Crippen LogP contribution in [-0.2, 0) is 0 Å². The van der Waals surface area contributed by atoms with Crippen LogP contribution in [0.1, 0.15) is 41.5 Å². The van der Waals surface area contributed by atoms with E-state index >= 15 is 0 Å². The molecular weight excluding hydrogens is 272 g/mol. The number of nitrogens with zero attached hydrogens (tertiary/aromatic N) is 3. The predicted octanol–water partition coefficient (Wildman–Crippen LogP) is 0.868. The van der Waals surface area contributed by atoms with Crippen LogP contribution >= 0.6 is 0 Å². The van der Waals surface area contributed by atoms with Crippen LogP contribution in [0.2, 0.25) is 0 Å². The standard InChI is InChI=1S/C18H29N4/c1-17(2,3)21-15-9-7-10-8(9)14-11(15)12(13(7)19-21)16(10)22(20-14)18(4,5)6/h7-16,19H,1-6H3/q+2/t7?,8?,9?,10?,11-,12-,13-,14-,15+,16+/m0/s1. The molecule has 0 amide bonds. The van der Waals surface area contributed by atoms with Gasteiger partial charge in [-0.15, -0.1) is 4.70 Å². The van der Waals surface area contributed by atoms with Crippen molar-refractivity contribution in [1.29, 1.82) is 0 Å². The van der Waals surface area contributed by atoms with Crippen molar-refractivity contribution in [3.05, 3.63) is 0 Å². The van der Waals surface area contributed by atoms with Gasteiger partial charge in [-0.25, -0.2) is 0 Å². The summed E-state index contributed by atoms with van der Waals surface area (Å²) >= 11 is 0. The Morgan fingerprint density at radius 1 is 0.864 bits per heavy atom. The Kier molecular flexibility index (Phi) is 1.87. The second-order valence-corrected chi connectivity index (χ2v) is 10.8. The molecule has 1 saturated heterocycles. The first-order chi connectivity index (χ1) is 10.2. The number of nitrogens with one attached hydrogen (secondary N) is 1. The van der Waals surface area contributed by atoms with Crippen molar-refractivity contribution in [3.8, 4) is 0 Å². The number of hydrazine groups is 1. The maximum absolute atomic E-state index is 5.32. The third kappa shape index (κ3) is 1.06. The van der Waals surface area contributed by atoms with Gasteiger partial charge in [-0.3, -0.25) is 0 Å². The molecular formula is C18H29N4+2. The van der Waals surface area contributed by atoms with Gasteiger partial charge in [0.25, 0.3) is 0 Å². The second-order valence-electron chi connectivity index (χ2n) is 10.8. The van der Waals surface area contributed by atoms with Crippen molar-refractivity contribution in [1.82, 2.24) is 5.01 Å². The fourth-order valence-electron chi connectivity index (χ4n) is 7.81. The van der Waals surface area contributed by atoms with Crippen LogP contribution in [-0.4, -0.2) is 45.0 Å². The summed E-state index contributed by atoms with van der Waals surface area (Å²) in [5.74, 6) is 5.44. The molecule has 0 aromatic carbocycles. The molecule has 1 N–H and O–H groups in total. The monoisotopic (exact) mass is 301 g/mol. The Labute approximate surface area is 133 Å². The molecule has 3 heterocycles. The predicted molar refractivity (Wildman–Crippen MR) is 81.1 cm³/mol. The highest BCUT2D eigenvalue weighted by atomic mass is 15.6. The lowest BCUT2D eigenvalue weighted by atomic mass is 9.55. The van der Waals surface area contributed by atoms with Crippen LogP contribution in [0.25, 0.3) is 0 Å². The first-order valence-electron chi connectivity index (χ1n) is 9.27. The van der Waals surface area contributed by atoms with Crippen molar-refractivity contribution in [2.24, 2.45) is 40.6 Å². The fourth-order valence-corrected chi connectivity index (χ4v) is 7.81. The van der Waals surface area contributed by atoms with E-state index in [1.54, 1.807) is 0 Å². The lowest BCUT2D eigenvalue weighted by Crippen LogP contribution is -3.09. The zero-order valence-corrected chi connectivity index (χ0v) is 14.6. The molecule has 4 heteroatoms. The van der Waals surface area contributed by atoms with Crippen molar-refractivity contribution in [2.75, 3.05) is 0 Å². The van der Waals surface area contributed by atoms with Gasteiger partial charge in [0.1, 0.15) is 6.04 Å². The first kappa shape index (κ1) is 12.9. The smallest absolute Gasteiger partial charge is 0.119 e. The lowest BCUT2D eigenvalue weighted by Gasteiger charge is -2.55. The van der Waals surface area contributed by atoms with E-state index < -0.39 is 0 Å². The molecule has 4 nitrogen and oxygen atoms in total. The minimum Gasteiger partial charge on any atom is -0.119 e. The molecule has 3 aliphatic heterocycles. The van der Waals surface area contributed by atoms with Crippen LogP contribution in [0, 0.1) is 35.5 Å². The molecule has 6 rings (SSSR count). The zero-order chi connectivity index (χ0) is 15.3. The van der Waals surface area contributed by atoms with E-state index in [0.29, 0.717) is 6.04 Å². The third-order valence-electron chi connectivity index (χ3n) is 7.95. The number of azo groups is 2. The molecule has 3 aliphatic carbocycles. The molecule has 4 fully saturated rings. The molecule has 1 radical (unpaired) electrons. The van der Waals surface area contributed by atoms with Crippen molar-refractivity contribution >= 4 is 0 Å². The number of rotatable bonds is 0. The van der Waals surface area contributed by atoms with E-state index in [4.69, 9.17) is 5.11 Å². The van der Waals surface area contributed by atoms with Crippen molar-refractivity contribution < 1.29 is 10.1 Å². The molecule has 0 aromatic rings. The Bertz CT molecular complexity index is 612. The van der Waals surface area contributed by atoms with E-state index in [2.05, 4.69) is 56.7 Å². The summed E-state index contributed by atoms with van der Waals surface area (Å²) < 4.78 is 2.54. The van der Waals surface area contributed by atoms with Gasteiger partial charge in [-0.1, -0.05) is 10.4 Å². The number of hydrogen-bond acceptors (Lipinski definition) is 3. The fraction of sp³-hybridized carbons (Fsp3) is 1.00. The maximum Gasteiger partial charge on any atom is 0.191 e. The van der Waals surface area contributed by atoms with Gasteiger partial charge in [0, 0.05) is 44.4 Å². The third-order valence-corrected chi connectivity index (χ3v) is 7.95. The lowest BCUT2D eigenvalue weighted by molar-refractivity contribution is -0.882. The Balaban J connectivity index is 1.51. The molecule has 0 spiro atoms. The largest absolute Gasteiger partial charge is 0.191 e. The molecule has 0 aromatic heterocycles. The number of hydrogen-bond donors (Lipinski definition) is 1. The van der Waals surface area contributed by atoms with Crippen LogP contribution in [0.5, 0.6) is 0 Å². The van der Waals surface area contributed by atoms with E-state index in [1.807, 2.05) is 0 Å². The van der Waals surface area contributed by atoms with Gasteiger partial charge in [0.2, 0.25) is 0 Å². The average Bonchev–Trinajstić information content (AvgIpc) is 2.73. The summed E-state index contributed by atoms with van der Waals surface area (Å²) in [6.07, 6.45) is 0. The summed E-state index contributed by atoms with van der Waals surface area (Å²) in [4.78, 5) is 0. The minimum atomic E-state index is 0.185. The topological polar surface area (TPSA) is 34.2 Å². The Morgan fingerprint density at radius 3 is 2.23 bits per heavy atom. The van der Waals surface area contributed by atoms with Crippen LogP contribution in [0.3, 0.4) is 0 Å². The highest BCUT2D eigenvalue weighted by Gasteiger charge is 2.91. The molecule has 119 valence electrons. The average molecular weight is 301 g/mol. The highest BCUT2D eigenvalue weighted by molar-refractivity contribution is 5.32. The highest BCUT2D eigenvalue weighted by Crippen LogP contribution is 2.76. The summed E-state index contributed by atoms with van der Waals surface area (Å²) in [6.45, 7) is 14.1. The zero-order valence-electron chi connectivity index (χ0n) is 14.6. The minimum absolute atomic E-state index is 0.185. The van der Waals surface area contributed by atoms with E-state index in [-0.39, 0.29) is 11.1 Å². The van der Waals surface area contributed by atoms with Gasteiger partial charge < -0.3 is 0 Å². The van der Waals surface area contributed by atoms with Crippen LogP contribution in [0.15, 0.2) is 5.11 Å². The maximum atomic E-state index is 5.32. The SMILES string of the molecule is CC(C)(C)N1[NH+][C@H]2C3C4C5C3[C@@H]3[C@H]2[C@H]([C@@H]41)[C@H]5N=[N+]3C(C)(C)C. The van der Waals surface area contributed by atoms with Gasteiger partial charge in [0.05, 0.1) is 17.5 Å². The van der Waals surface area contributed by atoms with Crippen molar-refractivity contribution in [3.63, 3.8) is 0 Å². The Morgan fingerprint density at radius 2 is 1.59 bits per heavy atom. The molecule has 3 saturated carbocycles. The first-order valence-corrected chi connectivity index (χ1v) is 9.27. The van der Waals surface area contributed by atoms with E-state index in [1.165, 1.54) is 0 Å². The van der Waals surface area contributed by atoms with E-state index in [0.717, 1.165) is 53.6 Å². The quantitative estimate of drug-likeness (QED) is 0.662. The summed E-state index contributed by atoms with van der Waals surface area (Å²) in [7, 11) is 0. The van der Waals surface area contributed by atoms with Gasteiger partial charge in [0.15, 0.2) is 17.6 Å². The summed E-state index contributed by atoms with van der Waals surface area (Å²) in [6, 6.07) is 2.84. The van der Waals surface area contributed by atoms with Crippen molar-refractivity contribution in [2.45, 2.75) is 76.8 Å². The van der Waals surface area contributed by atoms with E-state index in [9.17, 15) is 0 Å². The molecule has 22 heavy (non-hydrogen) atoms. The Hall–Kier alpha value is -0.480. The molecule has 10 atom stereocenters. The van der Waals surface area contributed by atoms with Crippen LogP contribution < -0.4 is 5.43 Å². The number of fused-ring (bicyclic) bond motifs is 3. The molecule has 2 bridgehead atoms. The molecule has 6 aliphatic rings. The van der Waals surface area contributed by atoms with Crippen LogP contribution in [0.4, 0.5) is 0 Å². The van der Waals surface area contributed by atoms with Gasteiger partial charge >= 0.3 is 0 Å². The molecule has 4 unspecified atom stereocenters. The summed E-state index contributed by atoms with van der Waals surface area (Å²) in [5.41, 5.74) is 4.41. The summed E-state index contributed by atoms with van der Waals surface area (Å²) in [5, 5.41) is 7.96. The van der Waals surface area contributed by atoms with Gasteiger partial charge in [-0.05, 0) is 31.8 Å². The van der Waals surface area contributed by atoms with Gasteiger partial charge in [-0.2, -0.15) is 0 Å².